The molecular weight excluding hydrogens is 385 g/mol. The van der Waals surface area contributed by atoms with Crippen LogP contribution in [0.3, 0.4) is 0 Å². The molecule has 21 heavy (non-hydrogen) atoms. The molecular formula is C12H9BrFNO4S2. The van der Waals surface area contributed by atoms with Crippen LogP contribution in [0.1, 0.15) is 15.2 Å². The third-order valence-electron chi connectivity index (χ3n) is 2.59. The number of thiophene rings is 1. The van der Waals surface area contributed by atoms with E-state index >= 15 is 0 Å². The van der Waals surface area contributed by atoms with Crippen LogP contribution in [0, 0.1) is 12.7 Å². The number of rotatable bonds is 4. The highest BCUT2D eigenvalue weighted by Gasteiger charge is 2.24. The average molecular weight is 394 g/mol. The van der Waals surface area contributed by atoms with Crippen LogP contribution in [-0.2, 0) is 10.0 Å². The smallest absolute Gasteiger partial charge is 0.348 e. The number of carboxylic acids is 1. The zero-order chi connectivity index (χ0) is 15.8. The Bertz CT molecular complexity index is 817. The Morgan fingerprint density at radius 2 is 2.10 bits per heavy atom. The average Bonchev–Trinajstić information content (AvgIpc) is 2.70. The number of hydrogen-bond acceptors (Lipinski definition) is 4. The molecule has 0 aliphatic carbocycles. The fourth-order valence-electron chi connectivity index (χ4n) is 1.61. The summed E-state index contributed by atoms with van der Waals surface area (Å²) in [5, 5.41) is 10.5. The molecule has 0 bridgehead atoms. The van der Waals surface area contributed by atoms with Gasteiger partial charge in [0.15, 0.2) is 0 Å². The molecule has 0 unspecified atom stereocenters. The van der Waals surface area contributed by atoms with Crippen LogP contribution in [0.2, 0.25) is 0 Å². The van der Waals surface area contributed by atoms with Gasteiger partial charge >= 0.3 is 5.97 Å². The number of benzene rings is 1. The molecule has 1 aromatic heterocycles. The van der Waals surface area contributed by atoms with Gasteiger partial charge in [0.2, 0.25) is 0 Å². The van der Waals surface area contributed by atoms with E-state index < -0.39 is 26.7 Å². The Balaban J connectivity index is 2.47. The monoisotopic (exact) mass is 393 g/mol. The quantitative estimate of drug-likeness (QED) is 0.832. The van der Waals surface area contributed by atoms with E-state index in [1.165, 1.54) is 11.4 Å². The van der Waals surface area contributed by atoms with Crippen LogP contribution in [0.15, 0.2) is 32.9 Å². The Hall–Kier alpha value is -1.45. The number of aryl methyl sites for hydroxylation is 1. The molecule has 0 atom stereocenters. The molecule has 5 nitrogen and oxygen atoms in total. The second-order valence-corrected chi connectivity index (χ2v) is 7.55. The molecule has 2 aromatic rings. The number of hydrogen-bond donors (Lipinski definition) is 2. The maximum absolute atomic E-state index is 13.8. The van der Waals surface area contributed by atoms with Crippen molar-refractivity contribution >= 4 is 48.9 Å². The summed E-state index contributed by atoms with van der Waals surface area (Å²) >= 11 is 3.93. The summed E-state index contributed by atoms with van der Waals surface area (Å²) < 4.78 is 40.7. The lowest BCUT2D eigenvalue weighted by Gasteiger charge is -2.10. The van der Waals surface area contributed by atoms with Crippen molar-refractivity contribution < 1.29 is 22.7 Å². The first-order valence-electron chi connectivity index (χ1n) is 5.51. The van der Waals surface area contributed by atoms with Gasteiger partial charge in [-0.1, -0.05) is 15.9 Å². The number of halogens is 2. The van der Waals surface area contributed by atoms with E-state index in [0.717, 1.165) is 23.5 Å². The van der Waals surface area contributed by atoms with Gasteiger partial charge < -0.3 is 5.11 Å². The van der Waals surface area contributed by atoms with Crippen molar-refractivity contribution in [3.05, 3.63) is 44.3 Å². The number of carbonyl (C=O) groups is 1. The second-order valence-electron chi connectivity index (χ2n) is 4.11. The third kappa shape index (κ3) is 3.25. The van der Waals surface area contributed by atoms with E-state index in [0.29, 0.717) is 10.0 Å². The molecule has 2 N–H and O–H groups in total. The largest absolute Gasteiger partial charge is 0.477 e. The normalized spacial score (nSPS) is 11.4. The molecule has 0 fully saturated rings. The minimum atomic E-state index is -4.21. The van der Waals surface area contributed by atoms with Crippen LogP contribution in [0.4, 0.5) is 10.1 Å². The lowest BCUT2D eigenvalue weighted by molar-refractivity contribution is 0.0703. The van der Waals surface area contributed by atoms with Crippen molar-refractivity contribution in [3.63, 3.8) is 0 Å². The number of sulfonamides is 1. The molecule has 2 rings (SSSR count). The van der Waals surface area contributed by atoms with E-state index in [4.69, 9.17) is 5.11 Å². The minimum Gasteiger partial charge on any atom is -0.477 e. The zero-order valence-electron chi connectivity index (χ0n) is 10.6. The standard InChI is InChI=1S/C12H9BrFNO4S2/c1-6-5-20-11(12(16)17)10(6)15-21(18,19)9-3-2-7(13)4-8(9)14/h2-5,15H,1H3,(H,16,17). The van der Waals surface area contributed by atoms with Gasteiger partial charge in [-0.2, -0.15) is 0 Å². The highest BCUT2D eigenvalue weighted by Crippen LogP contribution is 2.30. The SMILES string of the molecule is Cc1csc(C(=O)O)c1NS(=O)(=O)c1ccc(Br)cc1F. The van der Waals surface area contributed by atoms with Crippen molar-refractivity contribution in [3.8, 4) is 0 Å². The molecule has 0 amide bonds. The molecule has 0 aliphatic heterocycles. The van der Waals surface area contributed by atoms with Crippen molar-refractivity contribution in [1.82, 2.24) is 0 Å². The second kappa shape index (κ2) is 5.74. The van der Waals surface area contributed by atoms with Gasteiger partial charge in [-0.25, -0.2) is 17.6 Å². The van der Waals surface area contributed by atoms with Gasteiger partial charge in [0.1, 0.15) is 15.6 Å². The van der Waals surface area contributed by atoms with E-state index in [1.807, 2.05) is 0 Å². The van der Waals surface area contributed by atoms with Crippen molar-refractivity contribution in [1.29, 1.82) is 0 Å². The molecule has 1 aromatic carbocycles. The predicted octanol–water partition coefficient (Wildman–Crippen LogP) is 3.46. The summed E-state index contributed by atoms with van der Waals surface area (Å²) in [6.45, 7) is 1.57. The molecule has 1 heterocycles. The highest BCUT2D eigenvalue weighted by molar-refractivity contribution is 9.10. The van der Waals surface area contributed by atoms with Gasteiger partial charge in [-0.15, -0.1) is 11.3 Å². The summed E-state index contributed by atoms with van der Waals surface area (Å²) in [6.07, 6.45) is 0. The first kappa shape index (κ1) is 15.9. The topological polar surface area (TPSA) is 83.5 Å². The van der Waals surface area contributed by atoms with Gasteiger partial charge in [-0.05, 0) is 36.1 Å². The van der Waals surface area contributed by atoms with Crippen molar-refractivity contribution in [2.75, 3.05) is 4.72 Å². The fourth-order valence-corrected chi connectivity index (χ4v) is 4.06. The Morgan fingerprint density at radius 3 is 2.67 bits per heavy atom. The van der Waals surface area contributed by atoms with Crippen LogP contribution in [0.25, 0.3) is 0 Å². The van der Waals surface area contributed by atoms with Crippen LogP contribution >= 0.6 is 27.3 Å². The summed E-state index contributed by atoms with van der Waals surface area (Å²) in [5.41, 5.74) is 0.410. The first-order valence-corrected chi connectivity index (χ1v) is 8.67. The van der Waals surface area contributed by atoms with Crippen LogP contribution in [-0.4, -0.2) is 19.5 Å². The fraction of sp³-hybridized carbons (Fsp3) is 0.0833. The lowest BCUT2D eigenvalue weighted by atomic mass is 10.3. The molecule has 0 radical (unpaired) electrons. The van der Waals surface area contributed by atoms with E-state index in [-0.39, 0.29) is 10.6 Å². The number of anilines is 1. The van der Waals surface area contributed by atoms with Crippen LogP contribution in [0.5, 0.6) is 0 Å². The number of aromatic carboxylic acids is 1. The highest BCUT2D eigenvalue weighted by atomic mass is 79.9. The summed E-state index contributed by atoms with van der Waals surface area (Å²) in [4.78, 5) is 10.4. The van der Waals surface area contributed by atoms with Crippen LogP contribution < -0.4 is 4.72 Å². The van der Waals surface area contributed by atoms with Gasteiger partial charge in [0, 0.05) is 4.47 Å². The van der Waals surface area contributed by atoms with Gasteiger partial charge in [0.25, 0.3) is 10.0 Å². The Labute approximate surface area is 132 Å². The zero-order valence-corrected chi connectivity index (χ0v) is 13.8. The number of carboxylic acid groups (broad SMARTS) is 1. The molecule has 0 aliphatic rings. The summed E-state index contributed by atoms with van der Waals surface area (Å²) in [7, 11) is -4.21. The van der Waals surface area contributed by atoms with Gasteiger partial charge in [0.05, 0.1) is 5.69 Å². The third-order valence-corrected chi connectivity index (χ3v) is 5.55. The Morgan fingerprint density at radius 1 is 1.43 bits per heavy atom. The minimum absolute atomic E-state index is 0.0465. The molecule has 112 valence electrons. The van der Waals surface area contributed by atoms with E-state index in [2.05, 4.69) is 20.7 Å². The molecule has 0 saturated carbocycles. The molecule has 9 heteroatoms. The van der Waals surface area contributed by atoms with E-state index in [1.54, 1.807) is 6.92 Å². The molecule has 0 saturated heterocycles. The lowest BCUT2D eigenvalue weighted by Crippen LogP contribution is -2.16. The van der Waals surface area contributed by atoms with Crippen molar-refractivity contribution in [2.45, 2.75) is 11.8 Å². The Kier molecular flexibility index (Phi) is 4.35. The summed E-state index contributed by atoms with van der Waals surface area (Å²) in [5.74, 6) is -2.18. The van der Waals surface area contributed by atoms with E-state index in [9.17, 15) is 17.6 Å². The predicted molar refractivity (Wildman–Crippen MR) is 80.9 cm³/mol. The first-order chi connectivity index (χ1) is 9.72. The van der Waals surface area contributed by atoms with Crippen molar-refractivity contribution in [2.24, 2.45) is 0 Å². The molecule has 0 spiro atoms. The summed E-state index contributed by atoms with van der Waals surface area (Å²) in [6, 6.07) is 3.51. The van der Waals surface area contributed by atoms with Gasteiger partial charge in [-0.3, -0.25) is 4.72 Å². The number of nitrogens with one attached hydrogen (secondary N) is 1. The maximum atomic E-state index is 13.8. The maximum Gasteiger partial charge on any atom is 0.348 e.